The first-order valence-corrected chi connectivity index (χ1v) is 8.52. The topological polar surface area (TPSA) is 96.9 Å². The van der Waals surface area contributed by atoms with Crippen LogP contribution in [0.1, 0.15) is 26.4 Å². The Hall–Kier alpha value is -3.03. The Balaban J connectivity index is 1.83. The molecular formula is C18H13Cl2N5O2. The Morgan fingerprint density at radius 3 is 2.41 bits per heavy atom. The van der Waals surface area contributed by atoms with E-state index in [1.807, 2.05) is 13.0 Å². The van der Waals surface area contributed by atoms with Gasteiger partial charge in [-0.1, -0.05) is 29.3 Å². The summed E-state index contributed by atoms with van der Waals surface area (Å²) < 4.78 is 0. The first-order valence-electron chi connectivity index (χ1n) is 7.76. The second-order valence-corrected chi connectivity index (χ2v) is 6.38. The van der Waals surface area contributed by atoms with E-state index in [1.165, 1.54) is 24.3 Å². The number of halogens is 2. The molecule has 2 heterocycles. The van der Waals surface area contributed by atoms with Crippen LogP contribution in [0.4, 0.5) is 11.5 Å². The molecule has 9 heteroatoms. The Morgan fingerprint density at radius 1 is 0.926 bits per heavy atom. The molecule has 3 aromatic rings. The molecule has 0 atom stereocenters. The molecule has 0 unspecified atom stereocenters. The Morgan fingerprint density at radius 2 is 1.74 bits per heavy atom. The third kappa shape index (κ3) is 4.78. The lowest BCUT2D eigenvalue weighted by atomic mass is 10.1. The zero-order chi connectivity index (χ0) is 19.4. The molecule has 0 bridgehead atoms. The summed E-state index contributed by atoms with van der Waals surface area (Å²) >= 11 is 11.7. The van der Waals surface area contributed by atoms with Gasteiger partial charge < -0.3 is 10.6 Å². The van der Waals surface area contributed by atoms with Crippen molar-refractivity contribution >= 4 is 46.5 Å². The maximum atomic E-state index is 12.6. The number of nitrogens with one attached hydrogen (secondary N) is 2. The fourth-order valence-corrected chi connectivity index (χ4v) is 2.44. The summed E-state index contributed by atoms with van der Waals surface area (Å²) in [7, 11) is 0. The Labute approximate surface area is 164 Å². The number of benzene rings is 1. The number of anilines is 2. The number of nitrogens with zero attached hydrogens (tertiary/aromatic N) is 3. The van der Waals surface area contributed by atoms with Crippen molar-refractivity contribution in [2.45, 2.75) is 6.92 Å². The molecule has 0 aliphatic heterocycles. The van der Waals surface area contributed by atoms with E-state index in [0.29, 0.717) is 10.8 Å². The second-order valence-electron chi connectivity index (χ2n) is 5.56. The lowest BCUT2D eigenvalue weighted by molar-refractivity contribution is 0.102. The molecule has 136 valence electrons. The van der Waals surface area contributed by atoms with Gasteiger partial charge in [0.2, 0.25) is 0 Å². The van der Waals surface area contributed by atoms with Crippen molar-refractivity contribution in [1.29, 1.82) is 0 Å². The smallest absolute Gasteiger partial charge is 0.276 e. The lowest BCUT2D eigenvalue weighted by Gasteiger charge is -2.11. The summed E-state index contributed by atoms with van der Waals surface area (Å²) in [6, 6.07) is 10.9. The van der Waals surface area contributed by atoms with Crippen LogP contribution in [0, 0.1) is 6.92 Å². The van der Waals surface area contributed by atoms with Crippen LogP contribution in [-0.4, -0.2) is 27.0 Å². The Kier molecular flexibility index (Phi) is 5.63. The number of aryl methyl sites for hydroxylation is 1. The van der Waals surface area contributed by atoms with Crippen LogP contribution in [0.2, 0.25) is 10.2 Å². The molecule has 2 aromatic heterocycles. The van der Waals surface area contributed by atoms with Crippen molar-refractivity contribution < 1.29 is 9.59 Å². The van der Waals surface area contributed by atoms with E-state index in [0.717, 1.165) is 5.56 Å². The molecule has 0 saturated carbocycles. The first kappa shape index (κ1) is 18.8. The number of amides is 2. The van der Waals surface area contributed by atoms with Crippen molar-refractivity contribution in [1.82, 2.24) is 15.2 Å². The van der Waals surface area contributed by atoms with Crippen LogP contribution in [0.5, 0.6) is 0 Å². The van der Waals surface area contributed by atoms with Crippen molar-refractivity contribution in [2.24, 2.45) is 0 Å². The molecule has 2 amide bonds. The van der Waals surface area contributed by atoms with Gasteiger partial charge in [0, 0.05) is 11.2 Å². The SMILES string of the molecule is Cc1ccc(NC(=O)c2cc(Cl)ccc2NC(=O)c2ccc(Cl)nn2)nc1. The lowest BCUT2D eigenvalue weighted by Crippen LogP contribution is -2.19. The summed E-state index contributed by atoms with van der Waals surface area (Å²) in [5.41, 5.74) is 1.47. The van der Waals surface area contributed by atoms with Crippen LogP contribution >= 0.6 is 23.2 Å². The number of pyridine rings is 1. The molecule has 0 radical (unpaired) electrons. The highest BCUT2D eigenvalue weighted by Crippen LogP contribution is 2.22. The molecule has 0 aliphatic carbocycles. The van der Waals surface area contributed by atoms with Crippen molar-refractivity contribution in [3.8, 4) is 0 Å². The second kappa shape index (κ2) is 8.11. The molecule has 3 rings (SSSR count). The van der Waals surface area contributed by atoms with Gasteiger partial charge in [-0.05, 0) is 48.9 Å². The normalized spacial score (nSPS) is 10.3. The molecule has 1 aromatic carbocycles. The van der Waals surface area contributed by atoms with Gasteiger partial charge in [-0.25, -0.2) is 4.98 Å². The first-order chi connectivity index (χ1) is 12.9. The van der Waals surface area contributed by atoms with Crippen LogP contribution in [0.3, 0.4) is 0 Å². The number of carbonyl (C=O) groups excluding carboxylic acids is 2. The van der Waals surface area contributed by atoms with E-state index in [2.05, 4.69) is 25.8 Å². The highest BCUT2D eigenvalue weighted by molar-refractivity contribution is 6.31. The summed E-state index contributed by atoms with van der Waals surface area (Å²) in [6.45, 7) is 1.89. The van der Waals surface area contributed by atoms with Crippen LogP contribution < -0.4 is 10.6 Å². The molecule has 0 fully saturated rings. The molecular weight excluding hydrogens is 389 g/mol. The predicted molar refractivity (Wildman–Crippen MR) is 103 cm³/mol. The largest absolute Gasteiger partial charge is 0.320 e. The number of hydrogen-bond donors (Lipinski definition) is 2. The third-order valence-corrected chi connectivity index (χ3v) is 3.93. The zero-order valence-electron chi connectivity index (χ0n) is 14.0. The van der Waals surface area contributed by atoms with Gasteiger partial charge in [-0.2, -0.15) is 0 Å². The number of carbonyl (C=O) groups is 2. The predicted octanol–water partition coefficient (Wildman–Crippen LogP) is 3.99. The Bertz CT molecular complexity index is 992. The standard InChI is InChI=1S/C18H13Cl2N5O2/c1-10-2-7-16(21-9-10)23-17(26)12-8-11(19)3-4-13(12)22-18(27)14-5-6-15(20)25-24-14/h2-9H,1H3,(H,22,27)(H,21,23,26). The maximum absolute atomic E-state index is 12.6. The number of aromatic nitrogens is 3. The fraction of sp³-hybridized carbons (Fsp3) is 0.0556. The number of rotatable bonds is 4. The molecule has 0 saturated heterocycles. The summed E-state index contributed by atoms with van der Waals surface area (Å²) in [5, 5.41) is 13.1. The van der Waals surface area contributed by atoms with Gasteiger partial charge in [0.25, 0.3) is 11.8 Å². The average molecular weight is 402 g/mol. The molecule has 27 heavy (non-hydrogen) atoms. The summed E-state index contributed by atoms with van der Waals surface area (Å²) in [4.78, 5) is 29.1. The minimum Gasteiger partial charge on any atom is -0.320 e. The van der Waals surface area contributed by atoms with Crippen LogP contribution in [0.25, 0.3) is 0 Å². The zero-order valence-corrected chi connectivity index (χ0v) is 15.5. The van der Waals surface area contributed by atoms with E-state index in [9.17, 15) is 9.59 Å². The molecule has 7 nitrogen and oxygen atoms in total. The molecule has 0 spiro atoms. The molecule has 2 N–H and O–H groups in total. The minimum atomic E-state index is -0.538. The summed E-state index contributed by atoms with van der Waals surface area (Å²) in [6.07, 6.45) is 1.63. The van der Waals surface area contributed by atoms with E-state index in [1.54, 1.807) is 18.3 Å². The van der Waals surface area contributed by atoms with Gasteiger partial charge >= 0.3 is 0 Å². The van der Waals surface area contributed by atoms with Gasteiger partial charge in [0.1, 0.15) is 5.82 Å². The fourth-order valence-electron chi connectivity index (χ4n) is 2.16. The quantitative estimate of drug-likeness (QED) is 0.688. The van der Waals surface area contributed by atoms with Crippen molar-refractivity contribution in [2.75, 3.05) is 10.6 Å². The average Bonchev–Trinajstić information content (AvgIpc) is 2.65. The van der Waals surface area contributed by atoms with Gasteiger partial charge in [0.15, 0.2) is 10.8 Å². The van der Waals surface area contributed by atoms with Gasteiger partial charge in [-0.3, -0.25) is 9.59 Å². The van der Waals surface area contributed by atoms with E-state index >= 15 is 0 Å². The van der Waals surface area contributed by atoms with Gasteiger partial charge in [0.05, 0.1) is 11.3 Å². The van der Waals surface area contributed by atoms with E-state index in [-0.39, 0.29) is 22.1 Å². The van der Waals surface area contributed by atoms with E-state index < -0.39 is 11.8 Å². The van der Waals surface area contributed by atoms with Crippen LogP contribution in [-0.2, 0) is 0 Å². The monoisotopic (exact) mass is 401 g/mol. The van der Waals surface area contributed by atoms with E-state index in [4.69, 9.17) is 23.2 Å². The van der Waals surface area contributed by atoms with Gasteiger partial charge in [-0.15, -0.1) is 10.2 Å². The van der Waals surface area contributed by atoms with Crippen LogP contribution in [0.15, 0.2) is 48.7 Å². The van der Waals surface area contributed by atoms with Crippen molar-refractivity contribution in [3.63, 3.8) is 0 Å². The third-order valence-electron chi connectivity index (χ3n) is 3.49. The highest BCUT2D eigenvalue weighted by Gasteiger charge is 2.17. The maximum Gasteiger partial charge on any atom is 0.276 e. The highest BCUT2D eigenvalue weighted by atomic mass is 35.5. The summed E-state index contributed by atoms with van der Waals surface area (Å²) in [5.74, 6) is -0.623. The number of hydrogen-bond acceptors (Lipinski definition) is 5. The van der Waals surface area contributed by atoms with Crippen molar-refractivity contribution in [3.05, 3.63) is 75.7 Å². The molecule has 0 aliphatic rings. The minimum absolute atomic E-state index is 0.0564.